The maximum atomic E-state index is 12.7. The van der Waals surface area contributed by atoms with Gasteiger partial charge in [-0.1, -0.05) is 0 Å². The average Bonchev–Trinajstić information content (AvgIpc) is 3.58. The molecule has 4 aromatic rings. The van der Waals surface area contributed by atoms with Crippen LogP contribution in [-0.2, 0) is 20.2 Å². The molecule has 0 radical (unpaired) electrons. The first kappa shape index (κ1) is 22.6. The van der Waals surface area contributed by atoms with E-state index in [-0.39, 0.29) is 36.1 Å². The van der Waals surface area contributed by atoms with Gasteiger partial charge in [-0.15, -0.1) is 0 Å². The molecule has 3 aromatic heterocycles. The van der Waals surface area contributed by atoms with Crippen LogP contribution in [0.3, 0.4) is 0 Å². The Kier molecular flexibility index (Phi) is 6.58. The van der Waals surface area contributed by atoms with Crippen LogP contribution in [0.5, 0.6) is 5.75 Å². The summed E-state index contributed by atoms with van der Waals surface area (Å²) in [4.78, 5) is 36.6. The summed E-state index contributed by atoms with van der Waals surface area (Å²) >= 11 is 0. The zero-order valence-electron chi connectivity index (χ0n) is 18.5. The minimum absolute atomic E-state index is 0.0278. The smallest absolute Gasteiger partial charge is 0.291 e. The Morgan fingerprint density at radius 1 is 1.03 bits per heavy atom. The summed E-state index contributed by atoms with van der Waals surface area (Å²) in [6, 6.07) is 13.3. The molecule has 0 saturated carbocycles. The van der Waals surface area contributed by atoms with E-state index >= 15 is 0 Å². The van der Waals surface area contributed by atoms with Crippen molar-refractivity contribution in [2.45, 2.75) is 20.1 Å². The summed E-state index contributed by atoms with van der Waals surface area (Å²) < 4.78 is 17.8. The summed E-state index contributed by atoms with van der Waals surface area (Å²) in [7, 11) is 1.64. The number of aryl methyl sites for hydroxylation is 1. The lowest BCUT2D eigenvalue weighted by molar-refractivity contribution is 0.0942. The van der Waals surface area contributed by atoms with Gasteiger partial charge in [0.05, 0.1) is 18.5 Å². The van der Waals surface area contributed by atoms with Gasteiger partial charge in [0.15, 0.2) is 17.2 Å². The van der Waals surface area contributed by atoms with E-state index in [1.807, 2.05) is 0 Å². The summed E-state index contributed by atoms with van der Waals surface area (Å²) in [5, 5.41) is 9.48. The van der Waals surface area contributed by atoms with Crippen molar-refractivity contribution in [3.8, 4) is 5.75 Å². The number of ketones is 1. The van der Waals surface area contributed by atoms with Crippen LogP contribution in [0.4, 0.5) is 5.69 Å². The normalized spacial score (nSPS) is 10.6. The van der Waals surface area contributed by atoms with Crippen molar-refractivity contribution in [2.24, 2.45) is 7.05 Å². The Morgan fingerprint density at radius 3 is 2.53 bits per heavy atom. The number of Topliss-reactive ketones (excluding diaryl/α,β-unsaturated/α-hetero) is 1. The fourth-order valence-electron chi connectivity index (χ4n) is 3.11. The average molecular weight is 462 g/mol. The fourth-order valence-corrected chi connectivity index (χ4v) is 3.11. The number of aromatic nitrogens is 2. The minimum atomic E-state index is -0.537. The molecule has 1 aromatic carbocycles. The summed E-state index contributed by atoms with van der Waals surface area (Å²) in [5.74, 6) is 0.615. The molecule has 3 heterocycles. The van der Waals surface area contributed by atoms with Crippen molar-refractivity contribution in [1.29, 1.82) is 0 Å². The lowest BCUT2D eigenvalue weighted by Gasteiger charge is -2.05. The number of ether oxygens (including phenoxy) is 1. The third-order valence-electron chi connectivity index (χ3n) is 4.82. The summed E-state index contributed by atoms with van der Waals surface area (Å²) in [6.45, 7) is 1.78. The molecule has 34 heavy (non-hydrogen) atoms. The molecule has 0 bridgehead atoms. The van der Waals surface area contributed by atoms with Gasteiger partial charge in [-0.2, -0.15) is 5.10 Å². The fraction of sp³-hybridized carbons (Fsp3) is 0.167. The van der Waals surface area contributed by atoms with E-state index in [2.05, 4.69) is 15.7 Å². The maximum Gasteiger partial charge on any atom is 0.291 e. The first-order chi connectivity index (χ1) is 16.4. The van der Waals surface area contributed by atoms with Gasteiger partial charge in [0.25, 0.3) is 11.8 Å². The molecular formula is C24H22N4O6. The van der Waals surface area contributed by atoms with E-state index in [0.717, 1.165) is 0 Å². The lowest BCUT2D eigenvalue weighted by atomic mass is 10.1. The highest BCUT2D eigenvalue weighted by molar-refractivity contribution is 6.07. The van der Waals surface area contributed by atoms with E-state index in [9.17, 15) is 14.4 Å². The first-order valence-electron chi connectivity index (χ1n) is 10.4. The van der Waals surface area contributed by atoms with Crippen molar-refractivity contribution in [3.05, 3.63) is 89.5 Å². The second-order valence-electron chi connectivity index (χ2n) is 7.42. The SMILES string of the molecule is CC(=O)c1ccc(OCc2ccc(C(=O)Nc3cn(C)nc3C(=O)NCc3ccco3)o2)cc1. The number of carbonyl (C=O) groups is 3. The molecule has 0 atom stereocenters. The molecule has 2 N–H and O–H groups in total. The Bertz CT molecular complexity index is 1300. The lowest BCUT2D eigenvalue weighted by Crippen LogP contribution is -2.25. The number of anilines is 1. The number of nitrogens with one attached hydrogen (secondary N) is 2. The molecule has 0 fully saturated rings. The van der Waals surface area contributed by atoms with Crippen molar-refractivity contribution in [2.75, 3.05) is 5.32 Å². The highest BCUT2D eigenvalue weighted by Crippen LogP contribution is 2.18. The van der Waals surface area contributed by atoms with Crippen molar-refractivity contribution in [1.82, 2.24) is 15.1 Å². The van der Waals surface area contributed by atoms with E-state index in [1.165, 1.54) is 30.1 Å². The predicted octanol–water partition coefficient (Wildman–Crippen LogP) is 3.57. The van der Waals surface area contributed by atoms with Crippen LogP contribution < -0.4 is 15.4 Å². The van der Waals surface area contributed by atoms with E-state index < -0.39 is 11.8 Å². The molecule has 10 heteroatoms. The van der Waals surface area contributed by atoms with Crippen molar-refractivity contribution < 1.29 is 28.0 Å². The molecular weight excluding hydrogens is 440 g/mol. The van der Waals surface area contributed by atoms with Gasteiger partial charge in [-0.25, -0.2) is 0 Å². The number of hydrogen-bond donors (Lipinski definition) is 2. The van der Waals surface area contributed by atoms with Gasteiger partial charge >= 0.3 is 0 Å². The molecule has 0 saturated heterocycles. The van der Waals surface area contributed by atoms with Crippen LogP contribution in [0, 0.1) is 0 Å². The van der Waals surface area contributed by atoms with Gasteiger partial charge in [-0.3, -0.25) is 19.1 Å². The Balaban J connectivity index is 1.36. The van der Waals surface area contributed by atoms with Crippen LogP contribution in [-0.4, -0.2) is 27.4 Å². The second-order valence-corrected chi connectivity index (χ2v) is 7.42. The standard InChI is InChI=1S/C24H22N4O6/c1-15(29)16-5-7-17(8-6-16)33-14-19-9-10-21(34-19)23(30)26-20-13-28(2)27-22(20)24(31)25-12-18-4-3-11-32-18/h3-11,13H,12,14H2,1-2H3,(H,25,31)(H,26,30). The Hall–Kier alpha value is -4.60. The number of amides is 2. The molecule has 10 nitrogen and oxygen atoms in total. The number of nitrogens with zero attached hydrogens (tertiary/aromatic N) is 2. The number of carbonyl (C=O) groups excluding carboxylic acids is 3. The van der Waals surface area contributed by atoms with Crippen molar-refractivity contribution >= 4 is 23.3 Å². The third-order valence-corrected chi connectivity index (χ3v) is 4.82. The van der Waals surface area contributed by atoms with E-state index in [1.54, 1.807) is 49.5 Å². The summed E-state index contributed by atoms with van der Waals surface area (Å²) in [6.07, 6.45) is 3.04. The predicted molar refractivity (Wildman–Crippen MR) is 121 cm³/mol. The van der Waals surface area contributed by atoms with Gasteiger partial charge in [0.1, 0.15) is 23.9 Å². The largest absolute Gasteiger partial charge is 0.486 e. The van der Waals surface area contributed by atoms with Gasteiger partial charge in [0, 0.05) is 18.8 Å². The molecule has 2 amide bonds. The molecule has 4 rings (SSSR count). The van der Waals surface area contributed by atoms with Crippen LogP contribution in [0.1, 0.15) is 49.8 Å². The third kappa shape index (κ3) is 5.41. The highest BCUT2D eigenvalue weighted by Gasteiger charge is 2.20. The molecule has 0 unspecified atom stereocenters. The van der Waals surface area contributed by atoms with E-state index in [4.69, 9.17) is 13.6 Å². The first-order valence-corrected chi connectivity index (χ1v) is 10.4. The second kappa shape index (κ2) is 9.90. The maximum absolute atomic E-state index is 12.7. The molecule has 174 valence electrons. The molecule has 0 aliphatic rings. The molecule has 0 aliphatic carbocycles. The quantitative estimate of drug-likeness (QED) is 0.364. The van der Waals surface area contributed by atoms with Gasteiger partial charge in [0.2, 0.25) is 0 Å². The van der Waals surface area contributed by atoms with Gasteiger partial charge < -0.3 is 24.2 Å². The van der Waals surface area contributed by atoms with Crippen LogP contribution in [0.15, 0.2) is 69.8 Å². The molecule has 0 spiro atoms. The monoisotopic (exact) mass is 462 g/mol. The Labute approximate surface area is 194 Å². The van der Waals surface area contributed by atoms with Gasteiger partial charge in [-0.05, 0) is 55.5 Å². The van der Waals surface area contributed by atoms with E-state index in [0.29, 0.717) is 22.8 Å². The molecule has 0 aliphatic heterocycles. The Morgan fingerprint density at radius 2 is 1.82 bits per heavy atom. The number of hydrogen-bond acceptors (Lipinski definition) is 7. The zero-order chi connectivity index (χ0) is 24.1. The van der Waals surface area contributed by atoms with Crippen LogP contribution in [0.2, 0.25) is 0 Å². The van der Waals surface area contributed by atoms with Crippen LogP contribution >= 0.6 is 0 Å². The van der Waals surface area contributed by atoms with Crippen molar-refractivity contribution in [3.63, 3.8) is 0 Å². The highest BCUT2D eigenvalue weighted by atomic mass is 16.5. The summed E-state index contributed by atoms with van der Waals surface area (Å²) in [5.41, 5.74) is 0.893. The topological polar surface area (TPSA) is 129 Å². The minimum Gasteiger partial charge on any atom is -0.486 e. The number of benzene rings is 1. The van der Waals surface area contributed by atoms with Crippen LogP contribution in [0.25, 0.3) is 0 Å². The number of furan rings is 2. The zero-order valence-corrected chi connectivity index (χ0v) is 18.5. The number of rotatable bonds is 9.